The van der Waals surface area contributed by atoms with E-state index in [-0.39, 0.29) is 12.8 Å². The quantitative estimate of drug-likeness (QED) is 0.895. The molecule has 1 aliphatic rings. The third-order valence-electron chi connectivity index (χ3n) is 2.75. The van der Waals surface area contributed by atoms with Gasteiger partial charge in [-0.3, -0.25) is 5.32 Å². The first-order chi connectivity index (χ1) is 9.70. The van der Waals surface area contributed by atoms with E-state index in [1.165, 1.54) is 0 Å². The molecule has 2 amide bonds. The van der Waals surface area contributed by atoms with E-state index in [4.69, 9.17) is 14.0 Å². The van der Waals surface area contributed by atoms with Crippen molar-refractivity contribution in [3.63, 3.8) is 0 Å². The molecule has 1 aromatic carbocycles. The van der Waals surface area contributed by atoms with Crippen LogP contribution in [0.2, 0.25) is 0 Å². The number of fused-ring (bicyclic) bond motifs is 1. The van der Waals surface area contributed by atoms with Crippen LogP contribution >= 0.6 is 0 Å². The smallest absolute Gasteiger partial charge is 0.321 e. The van der Waals surface area contributed by atoms with Gasteiger partial charge in [-0.25, -0.2) is 4.79 Å². The van der Waals surface area contributed by atoms with E-state index in [1.54, 1.807) is 13.0 Å². The van der Waals surface area contributed by atoms with Crippen molar-refractivity contribution in [2.24, 2.45) is 0 Å². The Morgan fingerprint density at radius 1 is 1.30 bits per heavy atom. The van der Waals surface area contributed by atoms with Gasteiger partial charge in [0.1, 0.15) is 0 Å². The highest BCUT2D eigenvalue weighted by molar-refractivity contribution is 5.87. The van der Waals surface area contributed by atoms with Gasteiger partial charge in [-0.1, -0.05) is 11.2 Å². The van der Waals surface area contributed by atoms with Crippen LogP contribution < -0.4 is 20.1 Å². The van der Waals surface area contributed by atoms with Gasteiger partial charge in [0.15, 0.2) is 11.5 Å². The van der Waals surface area contributed by atoms with Crippen molar-refractivity contribution in [3.8, 4) is 11.5 Å². The van der Waals surface area contributed by atoms with Crippen LogP contribution in [0.4, 0.5) is 10.7 Å². The Morgan fingerprint density at radius 2 is 2.15 bits per heavy atom. The molecule has 1 aromatic heterocycles. The van der Waals surface area contributed by atoms with Gasteiger partial charge < -0.3 is 19.3 Å². The molecule has 2 heterocycles. The molecule has 2 N–H and O–H groups in total. The molecule has 0 bridgehead atoms. The van der Waals surface area contributed by atoms with E-state index >= 15 is 0 Å². The summed E-state index contributed by atoms with van der Waals surface area (Å²) < 4.78 is 15.4. The number of carbonyl (C=O) groups excluding carboxylic acids is 1. The number of aryl methyl sites for hydroxylation is 1. The zero-order valence-corrected chi connectivity index (χ0v) is 10.8. The van der Waals surface area contributed by atoms with Gasteiger partial charge in [-0.15, -0.1) is 0 Å². The Kier molecular flexibility index (Phi) is 3.16. The van der Waals surface area contributed by atoms with Crippen molar-refractivity contribution >= 4 is 11.9 Å². The first-order valence-electron chi connectivity index (χ1n) is 6.07. The number of hydrogen-bond donors (Lipinski definition) is 2. The van der Waals surface area contributed by atoms with Gasteiger partial charge in [0, 0.05) is 12.6 Å². The molecule has 0 saturated heterocycles. The molecule has 20 heavy (non-hydrogen) atoms. The van der Waals surface area contributed by atoms with Crippen LogP contribution in [-0.4, -0.2) is 18.0 Å². The minimum atomic E-state index is -0.362. The maximum atomic E-state index is 11.7. The minimum absolute atomic E-state index is 0.234. The first kappa shape index (κ1) is 12.3. The number of urea groups is 1. The Bertz CT molecular complexity index is 638. The van der Waals surface area contributed by atoms with E-state index in [0.29, 0.717) is 23.9 Å². The monoisotopic (exact) mass is 275 g/mol. The van der Waals surface area contributed by atoms with Crippen LogP contribution in [0, 0.1) is 6.92 Å². The number of benzene rings is 1. The van der Waals surface area contributed by atoms with Crippen LogP contribution in [0.5, 0.6) is 11.5 Å². The lowest BCUT2D eigenvalue weighted by Gasteiger charge is -2.06. The summed E-state index contributed by atoms with van der Waals surface area (Å²) in [6, 6.07) is 6.80. The SMILES string of the molecule is Cc1cc(NC(=O)NCc2ccc3c(c2)OCO3)on1. The lowest BCUT2D eigenvalue weighted by Crippen LogP contribution is -2.27. The molecule has 0 spiro atoms. The van der Waals surface area contributed by atoms with Gasteiger partial charge in [0.05, 0.1) is 5.69 Å². The summed E-state index contributed by atoms with van der Waals surface area (Å²) in [5.74, 6) is 1.72. The van der Waals surface area contributed by atoms with Gasteiger partial charge >= 0.3 is 6.03 Å². The highest BCUT2D eigenvalue weighted by atomic mass is 16.7. The van der Waals surface area contributed by atoms with Crippen molar-refractivity contribution in [2.45, 2.75) is 13.5 Å². The largest absolute Gasteiger partial charge is 0.454 e. The number of amides is 2. The molecule has 3 rings (SSSR count). The van der Waals surface area contributed by atoms with Gasteiger partial charge in [0.25, 0.3) is 0 Å². The number of nitrogens with one attached hydrogen (secondary N) is 2. The van der Waals surface area contributed by atoms with Gasteiger partial charge in [0.2, 0.25) is 12.7 Å². The number of anilines is 1. The van der Waals surface area contributed by atoms with Crippen molar-refractivity contribution in [1.82, 2.24) is 10.5 Å². The lowest BCUT2D eigenvalue weighted by molar-refractivity contribution is 0.174. The summed E-state index contributed by atoms with van der Waals surface area (Å²) in [7, 11) is 0. The van der Waals surface area contributed by atoms with E-state index in [2.05, 4.69) is 15.8 Å². The third-order valence-corrected chi connectivity index (χ3v) is 2.75. The Morgan fingerprint density at radius 3 is 2.95 bits per heavy atom. The van der Waals surface area contributed by atoms with Crippen LogP contribution in [0.25, 0.3) is 0 Å². The molecule has 0 radical (unpaired) electrons. The fourth-order valence-corrected chi connectivity index (χ4v) is 1.81. The molecule has 0 saturated carbocycles. The van der Waals surface area contributed by atoms with Gasteiger partial charge in [-0.2, -0.15) is 0 Å². The topological polar surface area (TPSA) is 85.6 Å². The van der Waals surface area contributed by atoms with Crippen molar-refractivity contribution < 1.29 is 18.8 Å². The predicted molar refractivity (Wildman–Crippen MR) is 69.7 cm³/mol. The molecule has 1 aliphatic heterocycles. The number of hydrogen-bond acceptors (Lipinski definition) is 5. The zero-order chi connectivity index (χ0) is 13.9. The summed E-state index contributed by atoms with van der Waals surface area (Å²) in [5.41, 5.74) is 1.62. The highest BCUT2D eigenvalue weighted by Crippen LogP contribution is 2.32. The summed E-state index contributed by atoms with van der Waals surface area (Å²) in [6.07, 6.45) is 0. The normalized spacial score (nSPS) is 12.2. The average Bonchev–Trinajstić information content (AvgIpc) is 3.04. The molecule has 0 aliphatic carbocycles. The van der Waals surface area contributed by atoms with Crippen LogP contribution in [-0.2, 0) is 6.54 Å². The fourth-order valence-electron chi connectivity index (χ4n) is 1.81. The second-order valence-corrected chi connectivity index (χ2v) is 4.33. The van der Waals surface area contributed by atoms with Crippen LogP contribution in [0.15, 0.2) is 28.8 Å². The van der Waals surface area contributed by atoms with Crippen LogP contribution in [0.3, 0.4) is 0 Å². The molecule has 7 nitrogen and oxygen atoms in total. The molecule has 2 aromatic rings. The van der Waals surface area contributed by atoms with Crippen LogP contribution in [0.1, 0.15) is 11.3 Å². The fraction of sp³-hybridized carbons (Fsp3) is 0.231. The summed E-state index contributed by atoms with van der Waals surface area (Å²) in [4.78, 5) is 11.7. The van der Waals surface area contributed by atoms with E-state index in [1.807, 2.05) is 18.2 Å². The number of nitrogens with zero attached hydrogens (tertiary/aromatic N) is 1. The van der Waals surface area contributed by atoms with Crippen molar-refractivity contribution in [3.05, 3.63) is 35.5 Å². The summed E-state index contributed by atoms with van der Waals surface area (Å²) in [6.45, 7) is 2.38. The number of carbonyl (C=O) groups is 1. The molecule has 0 unspecified atom stereocenters. The number of ether oxygens (including phenoxy) is 2. The second kappa shape index (κ2) is 5.12. The average molecular weight is 275 g/mol. The molecule has 0 atom stereocenters. The van der Waals surface area contributed by atoms with Crippen molar-refractivity contribution in [1.29, 1.82) is 0 Å². The highest BCUT2D eigenvalue weighted by Gasteiger charge is 2.13. The standard InChI is InChI=1S/C13H13N3O4/c1-8-4-12(20-16-8)15-13(17)14-6-9-2-3-10-11(5-9)19-7-18-10/h2-5H,6-7H2,1H3,(H2,14,15,17). The Balaban J connectivity index is 1.55. The summed E-state index contributed by atoms with van der Waals surface area (Å²) in [5, 5.41) is 8.94. The third kappa shape index (κ3) is 2.66. The zero-order valence-electron chi connectivity index (χ0n) is 10.8. The Hall–Kier alpha value is -2.70. The van der Waals surface area contributed by atoms with E-state index in [0.717, 1.165) is 11.3 Å². The second-order valence-electron chi connectivity index (χ2n) is 4.33. The lowest BCUT2D eigenvalue weighted by atomic mass is 10.2. The molecule has 0 fully saturated rings. The molecular weight excluding hydrogens is 262 g/mol. The minimum Gasteiger partial charge on any atom is -0.454 e. The van der Waals surface area contributed by atoms with E-state index < -0.39 is 0 Å². The molecular formula is C13H13N3O4. The maximum absolute atomic E-state index is 11.7. The first-order valence-corrected chi connectivity index (χ1v) is 6.07. The molecule has 7 heteroatoms. The number of rotatable bonds is 3. The summed E-state index contributed by atoms with van der Waals surface area (Å²) >= 11 is 0. The number of aromatic nitrogens is 1. The Labute approximate surface area is 114 Å². The van der Waals surface area contributed by atoms with Gasteiger partial charge in [-0.05, 0) is 24.6 Å². The van der Waals surface area contributed by atoms with E-state index in [9.17, 15) is 4.79 Å². The predicted octanol–water partition coefficient (Wildman–Crippen LogP) is 2.03. The van der Waals surface area contributed by atoms with Crippen molar-refractivity contribution in [2.75, 3.05) is 12.1 Å². The molecule has 104 valence electrons. The maximum Gasteiger partial charge on any atom is 0.321 e.